The molecule has 2 aliphatic heterocycles. The highest BCUT2D eigenvalue weighted by Gasteiger charge is 2.31. The number of fused-ring (bicyclic) bond motifs is 1. The number of piperidine rings is 1. The molecule has 1 aromatic carbocycles. The number of hydrogen-bond donors (Lipinski definition) is 1. The number of aromatic nitrogens is 2. The number of piperazine rings is 1. The van der Waals surface area contributed by atoms with Gasteiger partial charge in [0.1, 0.15) is 11.6 Å². The summed E-state index contributed by atoms with van der Waals surface area (Å²) in [5.41, 5.74) is 1.13. The summed E-state index contributed by atoms with van der Waals surface area (Å²) in [6.45, 7) is 8.64. The van der Waals surface area contributed by atoms with Crippen LogP contribution >= 0.6 is 0 Å². The maximum atomic E-state index is 13.0. The van der Waals surface area contributed by atoms with Crippen molar-refractivity contribution in [1.82, 2.24) is 24.3 Å². The average molecular weight is 482 g/mol. The molecule has 3 heterocycles. The van der Waals surface area contributed by atoms with Gasteiger partial charge >= 0.3 is 11.8 Å². The third kappa shape index (κ3) is 5.25. The van der Waals surface area contributed by atoms with Gasteiger partial charge in [0.05, 0.1) is 23.1 Å². The zero-order valence-electron chi connectivity index (χ0n) is 20.6. The molecule has 2 fully saturated rings. The van der Waals surface area contributed by atoms with Crippen LogP contribution in [0.25, 0.3) is 11.0 Å². The van der Waals surface area contributed by atoms with E-state index in [0.717, 1.165) is 0 Å². The lowest BCUT2D eigenvalue weighted by atomic mass is 10.1. The second-order valence-electron chi connectivity index (χ2n) is 9.90. The van der Waals surface area contributed by atoms with Gasteiger partial charge in [-0.15, -0.1) is 0 Å². The molecule has 1 aromatic heterocycles. The van der Waals surface area contributed by atoms with E-state index in [1.807, 2.05) is 32.9 Å². The molecule has 10 nitrogen and oxygen atoms in total. The van der Waals surface area contributed by atoms with Crippen molar-refractivity contribution in [3.8, 4) is 11.8 Å². The fraction of sp³-hybridized carbons (Fsp3) is 0.520. The Labute approximate surface area is 203 Å². The first-order valence-electron chi connectivity index (χ1n) is 11.8. The van der Waals surface area contributed by atoms with Crippen LogP contribution in [-0.2, 0) is 21.4 Å². The van der Waals surface area contributed by atoms with Crippen LogP contribution in [0.4, 0.5) is 4.79 Å². The zero-order chi connectivity index (χ0) is 25.3. The fourth-order valence-electron chi connectivity index (χ4n) is 4.43. The average Bonchev–Trinajstić information content (AvgIpc) is 3.04. The summed E-state index contributed by atoms with van der Waals surface area (Å²) in [6.07, 6.45) is 0.186. The van der Waals surface area contributed by atoms with E-state index in [9.17, 15) is 19.2 Å². The van der Waals surface area contributed by atoms with E-state index in [4.69, 9.17) is 4.74 Å². The van der Waals surface area contributed by atoms with Crippen LogP contribution < -0.4 is 11.0 Å². The number of hydrogen-bond acceptors (Lipinski definition) is 6. The maximum Gasteiger partial charge on any atom is 0.410 e. The van der Waals surface area contributed by atoms with E-state index in [0.29, 0.717) is 49.3 Å². The van der Waals surface area contributed by atoms with Gasteiger partial charge in [0.2, 0.25) is 11.8 Å². The molecule has 3 amide bonds. The molecule has 4 rings (SSSR count). The number of ether oxygens (including phenoxy) is 1. The van der Waals surface area contributed by atoms with Crippen molar-refractivity contribution in [2.45, 2.75) is 45.3 Å². The molecule has 2 aliphatic rings. The molecule has 1 atom stereocenters. The highest BCUT2D eigenvalue weighted by Crippen LogP contribution is 2.24. The molecule has 1 unspecified atom stereocenters. The van der Waals surface area contributed by atoms with Crippen LogP contribution in [0.3, 0.4) is 0 Å². The molecule has 35 heavy (non-hydrogen) atoms. The van der Waals surface area contributed by atoms with Crippen molar-refractivity contribution in [2.24, 2.45) is 7.05 Å². The van der Waals surface area contributed by atoms with Crippen molar-refractivity contribution in [3.63, 3.8) is 0 Å². The molecule has 0 radical (unpaired) electrons. The molecular formula is C25H31N5O5. The largest absolute Gasteiger partial charge is 0.444 e. The fourth-order valence-corrected chi connectivity index (χ4v) is 4.43. The van der Waals surface area contributed by atoms with Gasteiger partial charge in [0.15, 0.2) is 0 Å². The Kier molecular flexibility index (Phi) is 6.72. The van der Waals surface area contributed by atoms with Crippen molar-refractivity contribution in [3.05, 3.63) is 34.2 Å². The number of carbonyl (C=O) groups excluding carboxylic acids is 3. The Bertz CT molecular complexity index is 1280. The Morgan fingerprint density at radius 3 is 2.51 bits per heavy atom. The minimum absolute atomic E-state index is 0.194. The van der Waals surface area contributed by atoms with Gasteiger partial charge in [-0.25, -0.2) is 9.59 Å². The molecule has 0 spiro atoms. The molecule has 186 valence electrons. The van der Waals surface area contributed by atoms with Crippen LogP contribution in [0.2, 0.25) is 0 Å². The summed E-state index contributed by atoms with van der Waals surface area (Å²) in [5.74, 6) is 5.58. The lowest BCUT2D eigenvalue weighted by Crippen LogP contribution is -2.50. The molecule has 2 aromatic rings. The van der Waals surface area contributed by atoms with Gasteiger partial charge in [-0.05, 0) is 39.3 Å². The smallest absolute Gasteiger partial charge is 0.410 e. The first-order valence-corrected chi connectivity index (χ1v) is 11.8. The third-order valence-corrected chi connectivity index (χ3v) is 6.17. The molecule has 0 bridgehead atoms. The predicted molar refractivity (Wildman–Crippen MR) is 130 cm³/mol. The maximum absolute atomic E-state index is 13.0. The van der Waals surface area contributed by atoms with E-state index in [1.54, 1.807) is 18.0 Å². The summed E-state index contributed by atoms with van der Waals surface area (Å²) in [6, 6.07) is 4.73. The molecule has 1 N–H and O–H groups in total. The van der Waals surface area contributed by atoms with E-state index in [1.165, 1.54) is 9.13 Å². The Morgan fingerprint density at radius 1 is 1.14 bits per heavy atom. The number of rotatable bonds is 2. The molecule has 0 saturated carbocycles. The number of imidazole rings is 1. The van der Waals surface area contributed by atoms with Crippen LogP contribution in [0.15, 0.2) is 23.0 Å². The van der Waals surface area contributed by atoms with Gasteiger partial charge in [-0.2, -0.15) is 0 Å². The SMILES string of the molecule is Cn1c(=O)n(C2CCC(=O)NC2=O)c2cccc(C#CCN3CCN(C(=O)OC(C)(C)C)CC3)c21. The summed E-state index contributed by atoms with van der Waals surface area (Å²) < 4.78 is 8.40. The van der Waals surface area contributed by atoms with E-state index >= 15 is 0 Å². The normalized spacial score (nSPS) is 19.3. The highest BCUT2D eigenvalue weighted by molar-refractivity contribution is 6.00. The van der Waals surface area contributed by atoms with E-state index < -0.39 is 17.6 Å². The number of nitrogens with zero attached hydrogens (tertiary/aromatic N) is 4. The minimum atomic E-state index is -0.728. The minimum Gasteiger partial charge on any atom is -0.444 e. The topological polar surface area (TPSA) is 106 Å². The van der Waals surface area contributed by atoms with Crippen molar-refractivity contribution in [1.29, 1.82) is 0 Å². The van der Waals surface area contributed by atoms with Crippen LogP contribution in [0.5, 0.6) is 0 Å². The quantitative estimate of drug-likeness (QED) is 0.511. The highest BCUT2D eigenvalue weighted by atomic mass is 16.6. The van der Waals surface area contributed by atoms with Crippen LogP contribution in [-0.4, -0.2) is 75.2 Å². The summed E-state index contributed by atoms with van der Waals surface area (Å²) in [7, 11) is 1.66. The number of imide groups is 1. The molecular weight excluding hydrogens is 450 g/mol. The monoisotopic (exact) mass is 481 g/mol. The van der Waals surface area contributed by atoms with Crippen LogP contribution in [0.1, 0.15) is 45.2 Å². The number of amides is 3. The third-order valence-electron chi connectivity index (χ3n) is 6.17. The molecule has 10 heteroatoms. The van der Waals surface area contributed by atoms with Crippen LogP contribution in [0, 0.1) is 11.8 Å². The Balaban J connectivity index is 1.48. The second-order valence-corrected chi connectivity index (χ2v) is 9.90. The standard InChI is InChI=1S/C25H31N5O5/c1-25(2,3)35-24(34)29-15-13-28(14-16-29)12-6-8-17-7-5-9-18-21(17)27(4)23(33)30(18)19-10-11-20(31)26-22(19)32/h5,7,9,19H,10-16H2,1-4H3,(H,26,31,32). The number of carbonyl (C=O) groups is 3. The zero-order valence-corrected chi connectivity index (χ0v) is 20.6. The molecule has 0 aliphatic carbocycles. The predicted octanol–water partition coefficient (Wildman–Crippen LogP) is 1.22. The number of para-hydroxylation sites is 1. The van der Waals surface area contributed by atoms with E-state index in [2.05, 4.69) is 22.1 Å². The lowest BCUT2D eigenvalue weighted by molar-refractivity contribution is -0.135. The van der Waals surface area contributed by atoms with Gasteiger partial charge < -0.3 is 9.64 Å². The van der Waals surface area contributed by atoms with Gasteiger partial charge in [0.25, 0.3) is 0 Å². The first-order chi connectivity index (χ1) is 16.5. The summed E-state index contributed by atoms with van der Waals surface area (Å²) >= 11 is 0. The summed E-state index contributed by atoms with van der Waals surface area (Å²) in [4.78, 5) is 53.1. The number of aryl methyl sites for hydroxylation is 1. The Hall–Kier alpha value is -3.58. The first kappa shape index (κ1) is 24.5. The van der Waals surface area contributed by atoms with Crippen molar-refractivity contribution >= 4 is 28.9 Å². The lowest BCUT2D eigenvalue weighted by Gasteiger charge is -2.34. The number of benzene rings is 1. The van der Waals surface area contributed by atoms with Gasteiger partial charge in [-0.1, -0.05) is 17.9 Å². The van der Waals surface area contributed by atoms with Crippen molar-refractivity contribution in [2.75, 3.05) is 32.7 Å². The van der Waals surface area contributed by atoms with Gasteiger partial charge in [-0.3, -0.25) is 28.9 Å². The van der Waals surface area contributed by atoms with Crippen molar-refractivity contribution < 1.29 is 19.1 Å². The second kappa shape index (κ2) is 9.58. The molecule has 2 saturated heterocycles. The van der Waals surface area contributed by atoms with Gasteiger partial charge in [0, 0.05) is 39.6 Å². The summed E-state index contributed by atoms with van der Waals surface area (Å²) in [5, 5.41) is 2.32. The van der Waals surface area contributed by atoms with E-state index in [-0.39, 0.29) is 30.5 Å². The number of nitrogens with one attached hydrogen (secondary N) is 1. The Morgan fingerprint density at radius 2 is 1.86 bits per heavy atom.